The number of ether oxygens (including phenoxy) is 1. The lowest BCUT2D eigenvalue weighted by Gasteiger charge is -2.32. The summed E-state index contributed by atoms with van der Waals surface area (Å²) in [5.74, 6) is 0.184. The molecule has 30 heavy (non-hydrogen) atoms. The van der Waals surface area contributed by atoms with Crippen LogP contribution in [0.15, 0.2) is 23.3 Å². The van der Waals surface area contributed by atoms with E-state index in [1.165, 1.54) is 39.2 Å². The second-order valence-corrected chi connectivity index (χ2v) is 8.87. The minimum atomic E-state index is 0.142. The maximum absolute atomic E-state index is 9.28. The summed E-state index contributed by atoms with van der Waals surface area (Å²) in [5, 5.41) is 10.5. The van der Waals surface area contributed by atoms with Crippen molar-refractivity contribution < 1.29 is 4.74 Å². The number of fused-ring (bicyclic) bond motifs is 1. The van der Waals surface area contributed by atoms with Crippen molar-refractivity contribution in [3.05, 3.63) is 40.2 Å². The van der Waals surface area contributed by atoms with E-state index in [0.717, 1.165) is 43.7 Å². The molecular formula is C25H32N4O. The van der Waals surface area contributed by atoms with E-state index in [4.69, 9.17) is 9.72 Å². The molecule has 1 saturated heterocycles. The maximum Gasteiger partial charge on any atom is 0.147 e. The zero-order valence-corrected chi connectivity index (χ0v) is 19.0. The first kappa shape index (κ1) is 20.7. The molecule has 4 rings (SSSR count). The highest BCUT2D eigenvalue weighted by molar-refractivity contribution is 5.97. The fraction of sp³-hybridized carbons (Fsp3) is 0.520. The smallest absolute Gasteiger partial charge is 0.147 e. The third-order valence-electron chi connectivity index (χ3n) is 6.84. The molecule has 0 bridgehead atoms. The fourth-order valence-electron chi connectivity index (χ4n) is 5.11. The molecule has 1 aliphatic carbocycles. The van der Waals surface area contributed by atoms with E-state index in [1.807, 2.05) is 0 Å². The first-order valence-electron chi connectivity index (χ1n) is 10.9. The Morgan fingerprint density at radius 2 is 1.83 bits per heavy atom. The van der Waals surface area contributed by atoms with Gasteiger partial charge in [-0.1, -0.05) is 6.08 Å². The molecule has 1 atom stereocenters. The summed E-state index contributed by atoms with van der Waals surface area (Å²) in [5.41, 5.74) is 9.70. The number of piperidine rings is 1. The Morgan fingerprint density at radius 3 is 2.43 bits per heavy atom. The standard InChI is InChI=1S/C25H32N4O/c1-15-11-21(30-6)12-16(2)24(15)29-19(5)18(4)23-22(13-17(3)27-25(23)29)28-9-7-20(14-26)8-10-28/h11,13,20-21H,7-10,12H2,1-6H3. The second kappa shape index (κ2) is 7.92. The summed E-state index contributed by atoms with van der Waals surface area (Å²) in [6.07, 6.45) is 5.14. The van der Waals surface area contributed by atoms with Crippen molar-refractivity contribution in [1.29, 1.82) is 5.26 Å². The topological polar surface area (TPSA) is 54.1 Å². The first-order valence-corrected chi connectivity index (χ1v) is 10.9. The number of anilines is 1. The maximum atomic E-state index is 9.28. The van der Waals surface area contributed by atoms with Crippen LogP contribution < -0.4 is 4.90 Å². The van der Waals surface area contributed by atoms with Crippen LogP contribution in [0.2, 0.25) is 0 Å². The van der Waals surface area contributed by atoms with Gasteiger partial charge in [0.05, 0.1) is 12.2 Å². The molecule has 2 aliphatic rings. The molecule has 1 fully saturated rings. The van der Waals surface area contributed by atoms with E-state index in [0.29, 0.717) is 0 Å². The fourth-order valence-corrected chi connectivity index (χ4v) is 5.11. The molecule has 1 aliphatic heterocycles. The Bertz CT molecular complexity index is 1090. The van der Waals surface area contributed by atoms with Gasteiger partial charge in [0.2, 0.25) is 0 Å². The Balaban J connectivity index is 1.89. The van der Waals surface area contributed by atoms with E-state index in [9.17, 15) is 5.26 Å². The molecule has 2 aromatic heterocycles. The van der Waals surface area contributed by atoms with Crippen molar-refractivity contribution >= 4 is 22.4 Å². The van der Waals surface area contributed by atoms with Crippen molar-refractivity contribution in [3.63, 3.8) is 0 Å². The molecule has 0 spiro atoms. The molecule has 5 heteroatoms. The molecule has 0 radical (unpaired) electrons. The zero-order valence-electron chi connectivity index (χ0n) is 19.0. The summed E-state index contributed by atoms with van der Waals surface area (Å²) < 4.78 is 7.97. The Kier molecular flexibility index (Phi) is 5.46. The third-order valence-corrected chi connectivity index (χ3v) is 6.84. The lowest BCUT2D eigenvalue weighted by atomic mass is 9.95. The highest BCUT2D eigenvalue weighted by atomic mass is 16.5. The molecule has 0 saturated carbocycles. The highest BCUT2D eigenvalue weighted by Crippen LogP contribution is 2.40. The summed E-state index contributed by atoms with van der Waals surface area (Å²) in [6.45, 7) is 12.7. The number of methoxy groups -OCH3 is 1. The van der Waals surface area contributed by atoms with Crippen molar-refractivity contribution in [2.75, 3.05) is 25.1 Å². The van der Waals surface area contributed by atoms with Crippen LogP contribution in [-0.2, 0) is 4.74 Å². The highest BCUT2D eigenvalue weighted by Gasteiger charge is 2.27. The Labute approximate surface area is 179 Å². The number of rotatable bonds is 3. The number of aryl methyl sites for hydroxylation is 2. The number of allylic oxidation sites excluding steroid dienone is 2. The summed E-state index contributed by atoms with van der Waals surface area (Å²) in [4.78, 5) is 7.47. The monoisotopic (exact) mass is 404 g/mol. The third kappa shape index (κ3) is 3.33. The largest absolute Gasteiger partial charge is 0.377 e. The SMILES string of the molecule is COC1C=C(C)C(n2c(C)c(C)c3c(N4CCC(C#N)CC4)cc(C)nc32)=C(C)C1. The lowest BCUT2D eigenvalue weighted by molar-refractivity contribution is 0.139. The Hall–Kier alpha value is -2.58. The predicted molar refractivity (Wildman–Crippen MR) is 123 cm³/mol. The van der Waals surface area contributed by atoms with E-state index in [1.54, 1.807) is 7.11 Å². The number of aromatic nitrogens is 2. The van der Waals surface area contributed by atoms with E-state index < -0.39 is 0 Å². The summed E-state index contributed by atoms with van der Waals surface area (Å²) in [6, 6.07) is 4.66. The van der Waals surface area contributed by atoms with E-state index in [2.05, 4.69) is 62.3 Å². The summed E-state index contributed by atoms with van der Waals surface area (Å²) >= 11 is 0. The number of pyridine rings is 1. The van der Waals surface area contributed by atoms with Crippen molar-refractivity contribution in [2.24, 2.45) is 5.92 Å². The Morgan fingerprint density at radius 1 is 1.13 bits per heavy atom. The second-order valence-electron chi connectivity index (χ2n) is 8.87. The van der Waals surface area contributed by atoms with Crippen LogP contribution in [0.4, 0.5) is 5.69 Å². The van der Waals surface area contributed by atoms with Gasteiger partial charge in [-0.05, 0) is 70.2 Å². The van der Waals surface area contributed by atoms with Gasteiger partial charge in [-0.2, -0.15) is 5.26 Å². The minimum absolute atomic E-state index is 0.142. The number of hydrogen-bond acceptors (Lipinski definition) is 4. The molecule has 5 nitrogen and oxygen atoms in total. The summed E-state index contributed by atoms with van der Waals surface area (Å²) in [7, 11) is 1.78. The van der Waals surface area contributed by atoms with Gasteiger partial charge in [-0.3, -0.25) is 4.57 Å². The van der Waals surface area contributed by atoms with Gasteiger partial charge in [-0.25, -0.2) is 4.98 Å². The van der Waals surface area contributed by atoms with E-state index in [-0.39, 0.29) is 12.0 Å². The molecule has 0 amide bonds. The number of nitriles is 1. The number of hydrogen-bond donors (Lipinski definition) is 0. The average Bonchev–Trinajstić information content (AvgIpc) is 2.97. The molecule has 3 heterocycles. The van der Waals surface area contributed by atoms with Crippen LogP contribution in [0.25, 0.3) is 16.7 Å². The van der Waals surface area contributed by atoms with Crippen molar-refractivity contribution in [1.82, 2.24) is 9.55 Å². The molecule has 158 valence electrons. The van der Waals surface area contributed by atoms with Gasteiger partial charge in [0.15, 0.2) is 0 Å². The molecule has 0 aromatic carbocycles. The van der Waals surface area contributed by atoms with Crippen LogP contribution in [0.5, 0.6) is 0 Å². The molecule has 2 aromatic rings. The van der Waals surface area contributed by atoms with Gasteiger partial charge >= 0.3 is 0 Å². The minimum Gasteiger partial charge on any atom is -0.377 e. The lowest BCUT2D eigenvalue weighted by Crippen LogP contribution is -2.33. The predicted octanol–water partition coefficient (Wildman–Crippen LogP) is 5.30. The molecule has 0 N–H and O–H groups in total. The van der Waals surface area contributed by atoms with Crippen molar-refractivity contribution in [3.8, 4) is 6.07 Å². The molecule has 1 unspecified atom stereocenters. The normalized spacial score (nSPS) is 20.6. The van der Waals surface area contributed by atoms with Gasteiger partial charge in [0, 0.05) is 60.7 Å². The number of nitrogens with zero attached hydrogens (tertiary/aromatic N) is 4. The molecular weight excluding hydrogens is 372 g/mol. The quantitative estimate of drug-likeness (QED) is 0.697. The van der Waals surface area contributed by atoms with Crippen LogP contribution in [-0.4, -0.2) is 35.9 Å². The van der Waals surface area contributed by atoms with Gasteiger partial charge in [0.1, 0.15) is 5.65 Å². The van der Waals surface area contributed by atoms with Gasteiger partial charge < -0.3 is 9.64 Å². The van der Waals surface area contributed by atoms with E-state index >= 15 is 0 Å². The van der Waals surface area contributed by atoms with Crippen LogP contribution in [0, 0.1) is 38.0 Å². The zero-order chi connectivity index (χ0) is 21.6. The van der Waals surface area contributed by atoms with Crippen LogP contribution in [0.3, 0.4) is 0 Å². The van der Waals surface area contributed by atoms with Crippen LogP contribution in [0.1, 0.15) is 50.1 Å². The van der Waals surface area contributed by atoms with Crippen molar-refractivity contribution in [2.45, 2.75) is 60.0 Å². The van der Waals surface area contributed by atoms with Gasteiger partial charge in [-0.15, -0.1) is 0 Å². The first-order chi connectivity index (χ1) is 14.3. The van der Waals surface area contributed by atoms with Gasteiger partial charge in [0.25, 0.3) is 0 Å². The average molecular weight is 405 g/mol. The van der Waals surface area contributed by atoms with Crippen LogP contribution >= 0.6 is 0 Å².